The highest BCUT2D eigenvalue weighted by Gasteiger charge is 2.44. The first-order valence-corrected chi connectivity index (χ1v) is 9.86. The number of nitrogens with one attached hydrogen (secondary N) is 1. The highest BCUT2D eigenvalue weighted by molar-refractivity contribution is 5.99. The first-order valence-electron chi connectivity index (χ1n) is 9.86. The van der Waals surface area contributed by atoms with E-state index in [1.54, 1.807) is 30.3 Å². The van der Waals surface area contributed by atoms with E-state index < -0.39 is 29.7 Å². The van der Waals surface area contributed by atoms with Gasteiger partial charge in [-0.15, -0.1) is 0 Å². The lowest BCUT2D eigenvalue weighted by molar-refractivity contribution is -0.138. The zero-order valence-corrected chi connectivity index (χ0v) is 16.4. The maximum atomic E-state index is 13.8. The number of carbonyl (C=O) groups is 1. The molecule has 2 heterocycles. The van der Waals surface area contributed by atoms with Crippen molar-refractivity contribution in [3.8, 4) is 5.75 Å². The minimum Gasteiger partial charge on any atom is -0.497 e. The molecule has 0 spiro atoms. The van der Waals surface area contributed by atoms with Gasteiger partial charge >= 0.3 is 6.18 Å². The summed E-state index contributed by atoms with van der Waals surface area (Å²) in [7, 11) is 1.51. The molecule has 0 bridgehead atoms. The largest absolute Gasteiger partial charge is 0.497 e. The van der Waals surface area contributed by atoms with E-state index in [1.807, 2.05) is 0 Å². The number of aliphatic hydroxyl groups excluding tert-OH is 1. The second kappa shape index (κ2) is 7.92. The predicted molar refractivity (Wildman–Crippen MR) is 106 cm³/mol. The molecule has 30 heavy (non-hydrogen) atoms. The van der Waals surface area contributed by atoms with Gasteiger partial charge < -0.3 is 20.1 Å². The van der Waals surface area contributed by atoms with Crippen molar-refractivity contribution < 1.29 is 27.8 Å². The summed E-state index contributed by atoms with van der Waals surface area (Å²) in [5.41, 5.74) is 0.101. The summed E-state index contributed by atoms with van der Waals surface area (Å²) in [6.07, 6.45) is -5.50. The van der Waals surface area contributed by atoms with Gasteiger partial charge in [0.1, 0.15) is 11.9 Å². The van der Waals surface area contributed by atoms with E-state index in [0.29, 0.717) is 30.8 Å². The van der Waals surface area contributed by atoms with E-state index in [9.17, 15) is 23.1 Å². The number of nitrogens with zero attached hydrogens (tertiary/aromatic N) is 1. The first-order chi connectivity index (χ1) is 14.3. The second-order valence-electron chi connectivity index (χ2n) is 7.68. The van der Waals surface area contributed by atoms with Crippen molar-refractivity contribution >= 4 is 11.6 Å². The van der Waals surface area contributed by atoms with Crippen LogP contribution in [0.25, 0.3) is 0 Å². The third-order valence-corrected chi connectivity index (χ3v) is 5.96. The van der Waals surface area contributed by atoms with Crippen LogP contribution in [0.4, 0.5) is 18.9 Å². The third kappa shape index (κ3) is 3.65. The Morgan fingerprint density at radius 2 is 1.90 bits per heavy atom. The Labute approximate surface area is 172 Å². The zero-order valence-electron chi connectivity index (χ0n) is 16.4. The van der Waals surface area contributed by atoms with Crippen LogP contribution in [-0.4, -0.2) is 43.4 Å². The van der Waals surface area contributed by atoms with Crippen molar-refractivity contribution in [3.63, 3.8) is 0 Å². The minimum atomic E-state index is -4.56. The zero-order chi connectivity index (χ0) is 21.5. The summed E-state index contributed by atoms with van der Waals surface area (Å²) in [5, 5.41) is 14.1. The monoisotopic (exact) mass is 420 g/mol. The average molecular weight is 420 g/mol. The number of ether oxygens (including phenoxy) is 1. The molecule has 2 aromatic carbocycles. The SMILES string of the molecule is COc1ccc(C2Cc3c(cccc3C(F)(F)F)N(C3CCNC3)C(=O)C2O)cc1. The van der Waals surface area contributed by atoms with Gasteiger partial charge in [-0.3, -0.25) is 4.79 Å². The Morgan fingerprint density at radius 3 is 2.50 bits per heavy atom. The lowest BCUT2D eigenvalue weighted by Crippen LogP contribution is -2.47. The van der Waals surface area contributed by atoms with Crippen LogP contribution in [0.15, 0.2) is 42.5 Å². The Morgan fingerprint density at radius 1 is 1.17 bits per heavy atom. The average Bonchev–Trinajstić information content (AvgIpc) is 3.22. The van der Waals surface area contributed by atoms with Crippen LogP contribution in [0, 0.1) is 0 Å². The van der Waals surface area contributed by atoms with E-state index in [1.165, 1.54) is 18.1 Å². The van der Waals surface area contributed by atoms with Gasteiger partial charge in [0.2, 0.25) is 0 Å². The summed E-state index contributed by atoms with van der Waals surface area (Å²) in [4.78, 5) is 14.7. The molecule has 8 heteroatoms. The van der Waals surface area contributed by atoms with Gasteiger partial charge in [0.05, 0.1) is 18.7 Å². The summed E-state index contributed by atoms with van der Waals surface area (Å²) < 4.78 is 46.7. The number of halogens is 3. The molecule has 3 unspecified atom stereocenters. The number of fused-ring (bicyclic) bond motifs is 1. The molecule has 4 rings (SSSR count). The molecule has 2 aromatic rings. The van der Waals surface area contributed by atoms with Crippen molar-refractivity contribution in [2.24, 2.45) is 0 Å². The summed E-state index contributed by atoms with van der Waals surface area (Å²) in [6, 6.07) is 10.3. The molecule has 1 amide bonds. The van der Waals surface area contributed by atoms with Crippen LogP contribution < -0.4 is 15.0 Å². The first kappa shape index (κ1) is 20.7. The number of carbonyl (C=O) groups excluding carboxylic acids is 1. The van der Waals surface area contributed by atoms with Crippen LogP contribution in [0.5, 0.6) is 5.75 Å². The van der Waals surface area contributed by atoms with E-state index >= 15 is 0 Å². The topological polar surface area (TPSA) is 61.8 Å². The Hall–Kier alpha value is -2.58. The van der Waals surface area contributed by atoms with Crippen molar-refractivity contribution in [3.05, 3.63) is 59.2 Å². The van der Waals surface area contributed by atoms with Crippen LogP contribution in [-0.2, 0) is 17.4 Å². The fraction of sp³-hybridized carbons (Fsp3) is 0.409. The molecule has 0 radical (unpaired) electrons. The minimum absolute atomic E-state index is 0.0441. The van der Waals surface area contributed by atoms with Gasteiger partial charge in [0.25, 0.3) is 5.91 Å². The van der Waals surface area contributed by atoms with Crippen LogP contribution in [0.3, 0.4) is 0 Å². The van der Waals surface area contributed by atoms with Crippen LogP contribution >= 0.6 is 0 Å². The van der Waals surface area contributed by atoms with Crippen LogP contribution in [0.2, 0.25) is 0 Å². The number of aliphatic hydroxyl groups is 1. The van der Waals surface area contributed by atoms with Gasteiger partial charge in [-0.1, -0.05) is 18.2 Å². The molecule has 0 aromatic heterocycles. The van der Waals surface area contributed by atoms with E-state index in [-0.39, 0.29) is 23.7 Å². The van der Waals surface area contributed by atoms with Crippen molar-refractivity contribution in [1.29, 1.82) is 0 Å². The Kier molecular flexibility index (Phi) is 5.46. The standard InChI is InChI=1S/C22H23F3N2O3/c1-30-15-7-5-13(6-8-15)16-11-17-18(22(23,24)25)3-2-4-19(17)27(21(29)20(16)28)14-9-10-26-12-14/h2-8,14,16,20,26,28H,9-12H2,1H3. The van der Waals surface area contributed by atoms with Crippen molar-refractivity contribution in [2.75, 3.05) is 25.1 Å². The molecule has 1 fully saturated rings. The van der Waals surface area contributed by atoms with E-state index in [2.05, 4.69) is 5.32 Å². The molecule has 5 nitrogen and oxygen atoms in total. The fourth-order valence-electron chi connectivity index (χ4n) is 4.43. The molecule has 2 N–H and O–H groups in total. The molecule has 2 aliphatic rings. The molecule has 0 saturated carbocycles. The highest BCUT2D eigenvalue weighted by atomic mass is 19.4. The van der Waals surface area contributed by atoms with Crippen molar-refractivity contribution in [2.45, 2.75) is 37.1 Å². The predicted octanol–water partition coefficient (Wildman–Crippen LogP) is 3.11. The van der Waals surface area contributed by atoms with E-state index in [4.69, 9.17) is 4.74 Å². The van der Waals surface area contributed by atoms with Gasteiger partial charge in [-0.2, -0.15) is 13.2 Å². The van der Waals surface area contributed by atoms with Gasteiger partial charge in [-0.25, -0.2) is 0 Å². The van der Waals surface area contributed by atoms with E-state index in [0.717, 1.165) is 6.07 Å². The summed E-state index contributed by atoms with van der Waals surface area (Å²) in [5.74, 6) is -0.782. The van der Waals surface area contributed by atoms with Gasteiger partial charge in [0, 0.05) is 18.2 Å². The number of methoxy groups -OCH3 is 1. The maximum absolute atomic E-state index is 13.8. The van der Waals surface area contributed by atoms with Gasteiger partial charge in [0.15, 0.2) is 0 Å². The lowest BCUT2D eigenvalue weighted by Gasteiger charge is -2.31. The number of amides is 1. The summed E-state index contributed by atoms with van der Waals surface area (Å²) in [6.45, 7) is 1.14. The molecule has 160 valence electrons. The normalized spacial score (nSPS) is 24.5. The number of anilines is 1. The molecule has 0 aliphatic carbocycles. The molecular formula is C22H23F3N2O3. The Balaban J connectivity index is 1.86. The number of alkyl halides is 3. The lowest BCUT2D eigenvalue weighted by atomic mass is 9.86. The second-order valence-corrected chi connectivity index (χ2v) is 7.68. The number of rotatable bonds is 3. The Bertz CT molecular complexity index is 924. The van der Waals surface area contributed by atoms with Crippen LogP contribution in [0.1, 0.15) is 29.0 Å². The third-order valence-electron chi connectivity index (χ3n) is 5.96. The smallest absolute Gasteiger partial charge is 0.416 e. The molecular weight excluding hydrogens is 397 g/mol. The number of hydrogen-bond donors (Lipinski definition) is 2. The summed E-state index contributed by atoms with van der Waals surface area (Å²) >= 11 is 0. The maximum Gasteiger partial charge on any atom is 0.416 e. The molecule has 1 saturated heterocycles. The number of hydrogen-bond acceptors (Lipinski definition) is 4. The number of benzene rings is 2. The quantitative estimate of drug-likeness (QED) is 0.801. The van der Waals surface area contributed by atoms with Gasteiger partial charge in [-0.05, 0) is 54.8 Å². The fourth-order valence-corrected chi connectivity index (χ4v) is 4.43. The highest BCUT2D eigenvalue weighted by Crippen LogP contribution is 2.43. The molecule has 3 atom stereocenters. The molecule has 2 aliphatic heterocycles. The van der Waals surface area contributed by atoms with Crippen molar-refractivity contribution in [1.82, 2.24) is 5.32 Å².